The van der Waals surface area contributed by atoms with E-state index in [1.54, 1.807) is 0 Å². The molecule has 1 fully saturated rings. The lowest BCUT2D eigenvalue weighted by molar-refractivity contribution is 0.0756. The molecule has 1 heteroatoms. The smallest absolute Gasteiger partial charge is 0.0818 e. The fourth-order valence-electron chi connectivity index (χ4n) is 3.38. The van der Waals surface area contributed by atoms with Crippen molar-refractivity contribution in [3.05, 3.63) is 60.2 Å². The lowest BCUT2D eigenvalue weighted by atomic mass is 9.78. The summed E-state index contributed by atoms with van der Waals surface area (Å²) in [7, 11) is 0. The molecular weight excluding hydrogens is 256 g/mol. The van der Waals surface area contributed by atoms with Crippen LogP contribution in [0.4, 0.5) is 0 Å². The van der Waals surface area contributed by atoms with E-state index >= 15 is 0 Å². The molecule has 1 unspecified atom stereocenters. The normalized spacial score (nSPS) is 23.7. The van der Waals surface area contributed by atoms with Gasteiger partial charge in [0, 0.05) is 0 Å². The first-order chi connectivity index (χ1) is 10.2. The third kappa shape index (κ3) is 3.36. The average molecular weight is 280 g/mol. The Balaban J connectivity index is 1.72. The van der Waals surface area contributed by atoms with Crippen LogP contribution in [0.25, 0.3) is 11.1 Å². The summed E-state index contributed by atoms with van der Waals surface area (Å²) in [4.78, 5) is 0. The van der Waals surface area contributed by atoms with E-state index in [4.69, 9.17) is 0 Å². The Morgan fingerprint density at radius 3 is 2.00 bits per heavy atom. The summed E-state index contributed by atoms with van der Waals surface area (Å²) >= 11 is 0. The molecule has 0 bridgehead atoms. The molecule has 0 spiro atoms. The van der Waals surface area contributed by atoms with Gasteiger partial charge < -0.3 is 5.11 Å². The monoisotopic (exact) mass is 280 g/mol. The van der Waals surface area contributed by atoms with Crippen LogP contribution in [0.5, 0.6) is 0 Å². The zero-order chi connectivity index (χ0) is 14.7. The number of aliphatic hydroxyl groups excluding tert-OH is 1. The van der Waals surface area contributed by atoms with Gasteiger partial charge in [-0.25, -0.2) is 0 Å². The van der Waals surface area contributed by atoms with E-state index in [1.807, 2.05) is 6.07 Å². The minimum absolute atomic E-state index is 0.303. The second kappa shape index (κ2) is 6.44. The van der Waals surface area contributed by atoms with Gasteiger partial charge in [-0.2, -0.15) is 0 Å². The Kier molecular flexibility index (Phi) is 4.40. The van der Waals surface area contributed by atoms with Crippen molar-refractivity contribution in [2.45, 2.75) is 38.7 Å². The molecule has 1 atom stereocenters. The van der Waals surface area contributed by atoms with Crippen LogP contribution in [0.3, 0.4) is 0 Å². The predicted octanol–water partition coefficient (Wildman–Crippen LogP) is 5.21. The molecule has 0 saturated heterocycles. The number of hydrogen-bond donors (Lipinski definition) is 1. The van der Waals surface area contributed by atoms with Gasteiger partial charge in [0.1, 0.15) is 0 Å². The quantitative estimate of drug-likeness (QED) is 0.818. The van der Waals surface area contributed by atoms with Crippen LogP contribution >= 0.6 is 0 Å². The molecular formula is C20H24O. The number of hydrogen-bond acceptors (Lipinski definition) is 1. The third-order valence-corrected chi connectivity index (χ3v) is 4.87. The fourth-order valence-corrected chi connectivity index (χ4v) is 3.38. The van der Waals surface area contributed by atoms with E-state index in [2.05, 4.69) is 55.5 Å². The lowest BCUT2D eigenvalue weighted by Gasteiger charge is -2.30. The van der Waals surface area contributed by atoms with Gasteiger partial charge in [-0.1, -0.05) is 74.4 Å². The summed E-state index contributed by atoms with van der Waals surface area (Å²) in [5, 5.41) is 10.6. The Morgan fingerprint density at radius 1 is 0.810 bits per heavy atom. The molecule has 1 saturated carbocycles. The van der Waals surface area contributed by atoms with E-state index in [9.17, 15) is 5.11 Å². The van der Waals surface area contributed by atoms with E-state index in [0.717, 1.165) is 24.3 Å². The Morgan fingerprint density at radius 2 is 1.38 bits per heavy atom. The standard InChI is InChI=1S/C20H24O/c1-15-7-9-18(10-8-15)20(21)19-13-11-17(12-14-19)16-5-3-2-4-6-16/h2-6,11-15,18,20-21H,7-10H2,1H3. The Bertz CT molecular complexity index is 550. The molecule has 1 aliphatic carbocycles. The molecule has 110 valence electrons. The highest BCUT2D eigenvalue weighted by Gasteiger charge is 2.25. The maximum absolute atomic E-state index is 10.6. The Hall–Kier alpha value is -1.60. The van der Waals surface area contributed by atoms with Crippen molar-refractivity contribution in [1.82, 2.24) is 0 Å². The summed E-state index contributed by atoms with van der Waals surface area (Å²) in [6, 6.07) is 18.8. The van der Waals surface area contributed by atoms with Gasteiger partial charge >= 0.3 is 0 Å². The summed E-state index contributed by atoms with van der Waals surface area (Å²) in [6.07, 6.45) is 4.52. The topological polar surface area (TPSA) is 20.2 Å². The minimum atomic E-state index is -0.303. The molecule has 0 heterocycles. The van der Waals surface area contributed by atoms with Crippen molar-refractivity contribution in [2.75, 3.05) is 0 Å². The molecule has 1 nitrogen and oxygen atoms in total. The zero-order valence-electron chi connectivity index (χ0n) is 12.7. The van der Waals surface area contributed by atoms with Gasteiger partial charge in [-0.15, -0.1) is 0 Å². The number of rotatable bonds is 3. The van der Waals surface area contributed by atoms with Crippen LogP contribution in [0, 0.1) is 11.8 Å². The zero-order valence-corrected chi connectivity index (χ0v) is 12.7. The summed E-state index contributed by atoms with van der Waals surface area (Å²) < 4.78 is 0. The predicted molar refractivity (Wildman–Crippen MR) is 88.0 cm³/mol. The first-order valence-electron chi connectivity index (χ1n) is 8.07. The first-order valence-corrected chi connectivity index (χ1v) is 8.07. The Labute approximate surface area is 127 Å². The molecule has 2 aromatic rings. The SMILES string of the molecule is CC1CCC(C(O)c2ccc(-c3ccccc3)cc2)CC1. The van der Waals surface area contributed by atoms with Gasteiger partial charge in [0.25, 0.3) is 0 Å². The molecule has 3 rings (SSSR count). The third-order valence-electron chi connectivity index (χ3n) is 4.87. The summed E-state index contributed by atoms with van der Waals surface area (Å²) in [6.45, 7) is 2.32. The van der Waals surface area contributed by atoms with Gasteiger partial charge in [0.15, 0.2) is 0 Å². The van der Waals surface area contributed by atoms with Crippen LogP contribution < -0.4 is 0 Å². The van der Waals surface area contributed by atoms with Crippen molar-refractivity contribution in [3.63, 3.8) is 0 Å². The van der Waals surface area contributed by atoms with Crippen LogP contribution in [0.2, 0.25) is 0 Å². The molecule has 0 aromatic heterocycles. The summed E-state index contributed by atoms with van der Waals surface area (Å²) in [5.41, 5.74) is 3.50. The molecule has 21 heavy (non-hydrogen) atoms. The molecule has 0 amide bonds. The molecule has 1 N–H and O–H groups in total. The summed E-state index contributed by atoms with van der Waals surface area (Å²) in [5.74, 6) is 1.26. The van der Waals surface area contributed by atoms with Crippen molar-refractivity contribution < 1.29 is 5.11 Å². The van der Waals surface area contributed by atoms with Gasteiger partial charge in [0.2, 0.25) is 0 Å². The maximum atomic E-state index is 10.6. The number of aliphatic hydroxyl groups is 1. The van der Waals surface area contributed by atoms with Crippen molar-refractivity contribution in [3.8, 4) is 11.1 Å². The number of benzene rings is 2. The minimum Gasteiger partial charge on any atom is -0.388 e. The van der Waals surface area contributed by atoms with E-state index in [-0.39, 0.29) is 6.10 Å². The molecule has 2 aromatic carbocycles. The average Bonchev–Trinajstić information content (AvgIpc) is 2.56. The second-order valence-corrected chi connectivity index (χ2v) is 6.45. The van der Waals surface area contributed by atoms with Crippen molar-refractivity contribution in [1.29, 1.82) is 0 Å². The van der Waals surface area contributed by atoms with Crippen LogP contribution in [-0.2, 0) is 0 Å². The highest BCUT2D eigenvalue weighted by atomic mass is 16.3. The van der Waals surface area contributed by atoms with Crippen molar-refractivity contribution in [2.24, 2.45) is 11.8 Å². The molecule has 0 radical (unpaired) electrons. The van der Waals surface area contributed by atoms with Crippen molar-refractivity contribution >= 4 is 0 Å². The fraction of sp³-hybridized carbons (Fsp3) is 0.400. The molecule has 1 aliphatic rings. The first kappa shape index (κ1) is 14.3. The largest absolute Gasteiger partial charge is 0.388 e. The highest BCUT2D eigenvalue weighted by molar-refractivity contribution is 5.63. The maximum Gasteiger partial charge on any atom is 0.0818 e. The van der Waals surface area contributed by atoms with Gasteiger partial charge in [-0.05, 0) is 41.4 Å². The highest BCUT2D eigenvalue weighted by Crippen LogP contribution is 2.37. The van der Waals surface area contributed by atoms with Gasteiger partial charge in [0.05, 0.1) is 6.10 Å². The van der Waals surface area contributed by atoms with Gasteiger partial charge in [-0.3, -0.25) is 0 Å². The van der Waals surface area contributed by atoms with Crippen LogP contribution in [-0.4, -0.2) is 5.11 Å². The van der Waals surface area contributed by atoms with Crippen LogP contribution in [0.15, 0.2) is 54.6 Å². The lowest BCUT2D eigenvalue weighted by Crippen LogP contribution is -2.19. The van der Waals surface area contributed by atoms with Crippen LogP contribution in [0.1, 0.15) is 44.3 Å². The van der Waals surface area contributed by atoms with E-state index in [0.29, 0.717) is 5.92 Å². The molecule has 0 aliphatic heterocycles. The van der Waals surface area contributed by atoms with E-state index in [1.165, 1.54) is 24.0 Å². The second-order valence-electron chi connectivity index (χ2n) is 6.45. The van der Waals surface area contributed by atoms with E-state index < -0.39 is 0 Å².